The lowest BCUT2D eigenvalue weighted by molar-refractivity contribution is 0.415. The summed E-state index contributed by atoms with van der Waals surface area (Å²) in [6, 6.07) is 19.4. The predicted octanol–water partition coefficient (Wildman–Crippen LogP) is 5.28. The summed E-state index contributed by atoms with van der Waals surface area (Å²) < 4.78 is 7.40. The molecule has 0 fully saturated rings. The molecule has 0 unspecified atom stereocenters. The zero-order valence-electron chi connectivity index (χ0n) is 15.1. The summed E-state index contributed by atoms with van der Waals surface area (Å²) in [5, 5.41) is 10.4. The molecule has 4 aromatic rings. The van der Waals surface area contributed by atoms with Gasteiger partial charge in [0.1, 0.15) is 5.75 Å². The molecule has 140 valence electrons. The summed E-state index contributed by atoms with van der Waals surface area (Å²) in [7, 11) is 1.65. The first-order valence-electron chi connectivity index (χ1n) is 8.62. The highest BCUT2D eigenvalue weighted by Crippen LogP contribution is 2.31. The van der Waals surface area contributed by atoms with Crippen molar-refractivity contribution in [2.24, 2.45) is 0 Å². The molecule has 28 heavy (non-hydrogen) atoms. The van der Waals surface area contributed by atoms with Gasteiger partial charge < -0.3 is 4.74 Å². The molecule has 0 N–H and O–H groups in total. The van der Waals surface area contributed by atoms with Crippen LogP contribution < -0.4 is 4.74 Å². The Labute approximate surface area is 172 Å². The van der Waals surface area contributed by atoms with Crippen LogP contribution in [0.1, 0.15) is 5.56 Å². The molecule has 4 rings (SSSR count). The first-order valence-corrected chi connectivity index (χ1v) is 9.98. The van der Waals surface area contributed by atoms with Crippen LogP contribution in [-0.4, -0.2) is 26.9 Å². The molecular weight excluding hydrogens is 392 g/mol. The molecule has 0 saturated heterocycles. The van der Waals surface area contributed by atoms with Gasteiger partial charge in [-0.3, -0.25) is 9.55 Å². The van der Waals surface area contributed by atoms with E-state index in [0.717, 1.165) is 39.3 Å². The van der Waals surface area contributed by atoms with E-state index in [1.807, 2.05) is 71.4 Å². The van der Waals surface area contributed by atoms with E-state index in [2.05, 4.69) is 15.2 Å². The van der Waals surface area contributed by atoms with Gasteiger partial charge in [-0.2, -0.15) is 0 Å². The highest BCUT2D eigenvalue weighted by Gasteiger charge is 2.17. The van der Waals surface area contributed by atoms with Gasteiger partial charge >= 0.3 is 0 Å². The van der Waals surface area contributed by atoms with Gasteiger partial charge in [-0.05, 0) is 48.0 Å². The first-order chi connectivity index (χ1) is 13.7. The largest absolute Gasteiger partial charge is 0.497 e. The Bertz CT molecular complexity index is 1070. The third kappa shape index (κ3) is 4.03. The maximum absolute atomic E-state index is 6.08. The van der Waals surface area contributed by atoms with Crippen LogP contribution in [0.3, 0.4) is 0 Å². The molecule has 7 heteroatoms. The number of rotatable bonds is 6. The molecule has 0 bridgehead atoms. The van der Waals surface area contributed by atoms with E-state index < -0.39 is 0 Å². The Morgan fingerprint density at radius 1 is 1.04 bits per heavy atom. The zero-order chi connectivity index (χ0) is 19.3. The average Bonchev–Trinajstić information content (AvgIpc) is 3.17. The first kappa shape index (κ1) is 18.5. The fraction of sp³-hybridized carbons (Fsp3) is 0.0952. The number of aromatic nitrogens is 4. The number of hydrogen-bond donors (Lipinski definition) is 0. The highest BCUT2D eigenvalue weighted by molar-refractivity contribution is 7.98. The summed E-state index contributed by atoms with van der Waals surface area (Å²) in [6.07, 6.45) is 3.63. The highest BCUT2D eigenvalue weighted by atomic mass is 35.5. The van der Waals surface area contributed by atoms with Gasteiger partial charge in [-0.1, -0.05) is 41.6 Å². The monoisotopic (exact) mass is 408 g/mol. The number of hydrogen-bond acceptors (Lipinski definition) is 5. The molecule has 0 atom stereocenters. The maximum Gasteiger partial charge on any atom is 0.196 e. The average molecular weight is 409 g/mol. The van der Waals surface area contributed by atoms with Crippen LogP contribution in [-0.2, 0) is 5.75 Å². The molecule has 0 spiro atoms. The van der Waals surface area contributed by atoms with Crippen LogP contribution >= 0.6 is 23.4 Å². The number of ether oxygens (including phenoxy) is 1. The number of methoxy groups -OCH3 is 1. The molecular formula is C21H17ClN4OS. The van der Waals surface area contributed by atoms with Crippen molar-refractivity contribution in [2.75, 3.05) is 7.11 Å². The summed E-state index contributed by atoms with van der Waals surface area (Å²) >= 11 is 7.69. The lowest BCUT2D eigenvalue weighted by atomic mass is 10.2. The van der Waals surface area contributed by atoms with E-state index in [-0.39, 0.29) is 0 Å². The van der Waals surface area contributed by atoms with E-state index >= 15 is 0 Å². The zero-order valence-corrected chi connectivity index (χ0v) is 16.7. The number of thioether (sulfide) groups is 1. The van der Waals surface area contributed by atoms with Crippen molar-refractivity contribution in [1.82, 2.24) is 19.7 Å². The number of pyridine rings is 1. The van der Waals surface area contributed by atoms with Crippen LogP contribution in [0.2, 0.25) is 5.02 Å². The number of benzene rings is 2. The second-order valence-electron chi connectivity index (χ2n) is 6.00. The molecule has 0 radical (unpaired) electrons. The van der Waals surface area contributed by atoms with E-state index in [1.54, 1.807) is 25.1 Å². The Kier molecular flexibility index (Phi) is 5.60. The van der Waals surface area contributed by atoms with Gasteiger partial charge in [-0.15, -0.1) is 10.2 Å². The van der Waals surface area contributed by atoms with Crippen LogP contribution in [0.15, 0.2) is 78.2 Å². The maximum atomic E-state index is 6.08. The summed E-state index contributed by atoms with van der Waals surface area (Å²) in [5.41, 5.74) is 3.00. The summed E-state index contributed by atoms with van der Waals surface area (Å²) in [6.45, 7) is 0. The minimum atomic E-state index is 0.685. The Hall–Kier alpha value is -2.83. The van der Waals surface area contributed by atoms with Gasteiger partial charge in [0.05, 0.1) is 7.11 Å². The molecule has 5 nitrogen and oxygen atoms in total. The van der Waals surface area contributed by atoms with Crippen LogP contribution in [0, 0.1) is 0 Å². The molecule has 0 saturated carbocycles. The second kappa shape index (κ2) is 8.46. The standard InChI is InChI=1S/C21H17ClN4OS/c1-27-19-6-2-5-16(12-19)20-24-25-21(28-14-15-4-3-11-23-13-15)26(20)18-9-7-17(22)8-10-18/h2-13H,14H2,1H3. The summed E-state index contributed by atoms with van der Waals surface area (Å²) in [4.78, 5) is 4.17. The Morgan fingerprint density at radius 2 is 1.89 bits per heavy atom. The van der Waals surface area contributed by atoms with Gasteiger partial charge in [0, 0.05) is 34.4 Å². The van der Waals surface area contributed by atoms with Crippen LogP contribution in [0.5, 0.6) is 5.75 Å². The molecule has 2 aromatic carbocycles. The van der Waals surface area contributed by atoms with Crippen molar-refractivity contribution in [3.8, 4) is 22.8 Å². The van der Waals surface area contributed by atoms with Crippen LogP contribution in [0.4, 0.5) is 0 Å². The van der Waals surface area contributed by atoms with Crippen molar-refractivity contribution in [3.05, 3.63) is 83.6 Å². The van der Waals surface area contributed by atoms with E-state index in [9.17, 15) is 0 Å². The van der Waals surface area contributed by atoms with Crippen LogP contribution in [0.25, 0.3) is 17.1 Å². The Balaban J connectivity index is 1.75. The molecule has 2 heterocycles. The van der Waals surface area contributed by atoms with Crippen molar-refractivity contribution < 1.29 is 4.74 Å². The van der Waals surface area contributed by atoms with E-state index in [4.69, 9.17) is 16.3 Å². The normalized spacial score (nSPS) is 10.8. The Morgan fingerprint density at radius 3 is 2.64 bits per heavy atom. The molecule has 0 aliphatic rings. The number of halogens is 1. The minimum absolute atomic E-state index is 0.685. The van der Waals surface area contributed by atoms with Crippen molar-refractivity contribution in [1.29, 1.82) is 0 Å². The third-order valence-electron chi connectivity index (χ3n) is 4.14. The minimum Gasteiger partial charge on any atom is -0.497 e. The fourth-order valence-corrected chi connectivity index (χ4v) is 3.78. The number of nitrogens with zero attached hydrogens (tertiary/aromatic N) is 4. The topological polar surface area (TPSA) is 52.8 Å². The quantitative estimate of drug-likeness (QED) is 0.406. The molecule has 0 aliphatic heterocycles. The summed E-state index contributed by atoms with van der Waals surface area (Å²) in [5.74, 6) is 2.26. The van der Waals surface area contributed by atoms with E-state index in [1.165, 1.54) is 0 Å². The van der Waals surface area contributed by atoms with Crippen molar-refractivity contribution in [3.63, 3.8) is 0 Å². The third-order valence-corrected chi connectivity index (χ3v) is 5.39. The van der Waals surface area contributed by atoms with Gasteiger partial charge in [0.15, 0.2) is 11.0 Å². The predicted molar refractivity (Wildman–Crippen MR) is 112 cm³/mol. The van der Waals surface area contributed by atoms with Gasteiger partial charge in [0.2, 0.25) is 0 Å². The molecule has 0 aliphatic carbocycles. The second-order valence-corrected chi connectivity index (χ2v) is 7.38. The SMILES string of the molecule is COc1cccc(-c2nnc(SCc3cccnc3)n2-c2ccc(Cl)cc2)c1. The fourth-order valence-electron chi connectivity index (χ4n) is 2.77. The van der Waals surface area contributed by atoms with E-state index in [0.29, 0.717) is 5.02 Å². The van der Waals surface area contributed by atoms with Crippen molar-refractivity contribution >= 4 is 23.4 Å². The van der Waals surface area contributed by atoms with Crippen molar-refractivity contribution in [2.45, 2.75) is 10.9 Å². The van der Waals surface area contributed by atoms with Gasteiger partial charge in [0.25, 0.3) is 0 Å². The molecule has 0 amide bonds. The molecule has 2 aromatic heterocycles. The smallest absolute Gasteiger partial charge is 0.196 e. The lowest BCUT2D eigenvalue weighted by Gasteiger charge is -2.11. The van der Waals surface area contributed by atoms with Gasteiger partial charge in [-0.25, -0.2) is 0 Å². The lowest BCUT2D eigenvalue weighted by Crippen LogP contribution is -2.00.